The molecule has 0 atom stereocenters. The van der Waals surface area contributed by atoms with Crippen molar-refractivity contribution in [3.05, 3.63) is 102 Å². The average molecular weight is 646 g/mol. The average Bonchev–Trinajstić information content (AvgIpc) is 3.61. The van der Waals surface area contributed by atoms with Gasteiger partial charge in [0, 0.05) is 0 Å². The van der Waals surface area contributed by atoms with Crippen LogP contribution in [0.3, 0.4) is 0 Å². The summed E-state index contributed by atoms with van der Waals surface area (Å²) in [5.41, 5.74) is 5.49. The van der Waals surface area contributed by atoms with E-state index in [0.717, 1.165) is 62.9 Å². The van der Waals surface area contributed by atoms with Gasteiger partial charge in [0.25, 0.3) is 0 Å². The molecule has 0 amide bonds. The van der Waals surface area contributed by atoms with Crippen molar-refractivity contribution in [2.24, 2.45) is 0 Å². The molecule has 2 aromatic rings. The summed E-state index contributed by atoms with van der Waals surface area (Å²) in [6.45, 7) is 18.1. The Morgan fingerprint density at radius 1 is 0.619 bits per heavy atom. The standard InChI is InChI=1S/2C10H14O.2C9H13.CH2.Zr/c2*1-10(2,3)8-4-6-9(11)7-5-8;2*1-2-3-6-9-7-4-5-8-9;;/h2*4-7,11H,1-3H3;2*4,7H,2-3,5-6H2,1H3;1H2;/q;;;;;+2/p-2. The van der Waals surface area contributed by atoms with Crippen molar-refractivity contribution in [1.82, 2.24) is 0 Å². The fourth-order valence-electron chi connectivity index (χ4n) is 6.36. The third-order valence-corrected chi connectivity index (χ3v) is 20.9. The first-order valence-corrected chi connectivity index (χ1v) is 22.4. The van der Waals surface area contributed by atoms with E-state index in [1.165, 1.54) is 28.8 Å². The summed E-state index contributed by atoms with van der Waals surface area (Å²) < 4.78 is 23.0. The van der Waals surface area contributed by atoms with Gasteiger partial charge in [-0.15, -0.1) is 0 Å². The molecule has 4 rings (SSSR count). The molecule has 2 aliphatic rings. The first-order chi connectivity index (χ1) is 19.8. The topological polar surface area (TPSA) is 18.5 Å². The van der Waals surface area contributed by atoms with Crippen LogP contribution in [0.5, 0.6) is 11.5 Å². The predicted octanol–water partition coefficient (Wildman–Crippen LogP) is 11.5. The third kappa shape index (κ3) is 6.93. The number of benzene rings is 2. The summed E-state index contributed by atoms with van der Waals surface area (Å²) >= 11 is -5.20. The second kappa shape index (κ2) is 12.8. The molecule has 42 heavy (non-hydrogen) atoms. The third-order valence-electron chi connectivity index (χ3n) is 8.99. The quantitative estimate of drug-likeness (QED) is 0.229. The molecule has 2 nitrogen and oxygen atoms in total. The molecule has 2 aliphatic carbocycles. The Bertz CT molecular complexity index is 1320. The van der Waals surface area contributed by atoms with Gasteiger partial charge < -0.3 is 0 Å². The molecular weight excluding hydrogens is 592 g/mol. The molecule has 0 saturated carbocycles. The van der Waals surface area contributed by atoms with E-state index in [1.54, 1.807) is 0 Å². The zero-order valence-electron chi connectivity index (χ0n) is 27.6. The minimum absolute atomic E-state index is 0.0722. The zero-order valence-corrected chi connectivity index (χ0v) is 30.1. The first kappa shape index (κ1) is 32.7. The van der Waals surface area contributed by atoms with Crippen LogP contribution in [0.2, 0.25) is 0 Å². The molecule has 0 spiro atoms. The molecule has 0 radical (unpaired) electrons. The van der Waals surface area contributed by atoms with Gasteiger partial charge in [0.1, 0.15) is 0 Å². The van der Waals surface area contributed by atoms with E-state index in [0.29, 0.717) is 0 Å². The van der Waals surface area contributed by atoms with E-state index in [1.807, 2.05) is 0 Å². The van der Waals surface area contributed by atoms with Crippen LogP contribution in [-0.4, -0.2) is 4.21 Å². The van der Waals surface area contributed by atoms with E-state index < -0.39 is 19.2 Å². The Kier molecular flexibility index (Phi) is 9.94. The van der Waals surface area contributed by atoms with E-state index in [9.17, 15) is 0 Å². The van der Waals surface area contributed by atoms with Crippen LogP contribution >= 0.6 is 0 Å². The summed E-state index contributed by atoms with van der Waals surface area (Å²) in [5.74, 6) is 1.72. The molecular formula is C39H54O2Zr. The van der Waals surface area contributed by atoms with Crippen LogP contribution in [-0.2, 0) is 30.0 Å². The van der Waals surface area contributed by atoms with Crippen LogP contribution in [0.1, 0.15) is 118 Å². The molecule has 2 aromatic carbocycles. The fourth-order valence-corrected chi connectivity index (χ4v) is 18.5. The van der Waals surface area contributed by atoms with Gasteiger partial charge in [0.2, 0.25) is 0 Å². The van der Waals surface area contributed by atoms with E-state index in [-0.39, 0.29) is 10.8 Å². The molecule has 0 unspecified atom stereocenters. The van der Waals surface area contributed by atoms with Gasteiger partial charge in [-0.05, 0) is 0 Å². The zero-order chi connectivity index (χ0) is 30.6. The second-order valence-corrected chi connectivity index (χ2v) is 24.6. The molecule has 226 valence electrons. The van der Waals surface area contributed by atoms with Crippen LogP contribution in [0.4, 0.5) is 0 Å². The monoisotopic (exact) mass is 644 g/mol. The first-order valence-electron chi connectivity index (χ1n) is 16.2. The molecule has 0 aliphatic heterocycles. The Morgan fingerprint density at radius 3 is 1.29 bits per heavy atom. The molecule has 0 fully saturated rings. The SMILES string of the molecule is [CH2]=[Zr]([O]c1ccc(C(C)(C)C)cc1)([O]c1ccc(C(C)(C)C)cc1)([C]1=C(CCCC)C=CC1)[C]1=C(CCCC)C=CC1. The fraction of sp³-hybridized carbons (Fsp3) is 0.462. The maximum atomic E-state index is 7.53. The van der Waals surface area contributed by atoms with Gasteiger partial charge in [-0.25, -0.2) is 0 Å². The maximum absolute atomic E-state index is 7.53. The normalized spacial score (nSPS) is 16.1. The van der Waals surface area contributed by atoms with Gasteiger partial charge in [0.15, 0.2) is 0 Å². The van der Waals surface area contributed by atoms with Crippen molar-refractivity contribution < 1.29 is 24.8 Å². The predicted molar refractivity (Wildman–Crippen MR) is 179 cm³/mol. The molecule has 3 heteroatoms. The Hall–Kier alpha value is -2.25. The van der Waals surface area contributed by atoms with E-state index >= 15 is 0 Å². The van der Waals surface area contributed by atoms with Crippen molar-refractivity contribution in [2.75, 3.05) is 0 Å². The van der Waals surface area contributed by atoms with Crippen molar-refractivity contribution >= 4 is 4.21 Å². The number of hydrogen-bond donors (Lipinski definition) is 0. The summed E-state index contributed by atoms with van der Waals surface area (Å²) in [7, 11) is 0. The van der Waals surface area contributed by atoms with Crippen LogP contribution < -0.4 is 5.63 Å². The van der Waals surface area contributed by atoms with Crippen LogP contribution in [0.25, 0.3) is 0 Å². The van der Waals surface area contributed by atoms with Gasteiger partial charge in [0.05, 0.1) is 0 Å². The number of rotatable bonds is 12. The minimum atomic E-state index is -5.20. The summed E-state index contributed by atoms with van der Waals surface area (Å²) in [6, 6.07) is 17.4. The summed E-state index contributed by atoms with van der Waals surface area (Å²) in [6.07, 6.45) is 17.6. The summed E-state index contributed by atoms with van der Waals surface area (Å²) in [4.78, 5) is 0. The molecule has 0 N–H and O–H groups in total. The number of allylic oxidation sites excluding steroid dienone is 8. The van der Waals surface area contributed by atoms with Crippen LogP contribution in [0, 0.1) is 0 Å². The molecule has 0 heterocycles. The van der Waals surface area contributed by atoms with Crippen molar-refractivity contribution in [2.45, 2.75) is 118 Å². The van der Waals surface area contributed by atoms with Crippen molar-refractivity contribution in [3.8, 4) is 11.5 Å². The molecule has 0 saturated heterocycles. The molecule has 0 aromatic heterocycles. The molecule has 0 bridgehead atoms. The van der Waals surface area contributed by atoms with E-state index in [2.05, 4.69) is 128 Å². The van der Waals surface area contributed by atoms with Gasteiger partial charge in [-0.2, -0.15) is 0 Å². The summed E-state index contributed by atoms with van der Waals surface area (Å²) in [5, 5.41) is 0. The van der Waals surface area contributed by atoms with Crippen molar-refractivity contribution in [3.63, 3.8) is 0 Å². The Labute approximate surface area is 258 Å². The van der Waals surface area contributed by atoms with Gasteiger partial charge >= 0.3 is 260 Å². The number of hydrogen-bond acceptors (Lipinski definition) is 2. The Balaban J connectivity index is 1.97. The van der Waals surface area contributed by atoms with Crippen LogP contribution in [0.15, 0.2) is 90.5 Å². The van der Waals surface area contributed by atoms with Gasteiger partial charge in [-0.1, -0.05) is 0 Å². The van der Waals surface area contributed by atoms with Crippen molar-refractivity contribution in [1.29, 1.82) is 0 Å². The Morgan fingerprint density at radius 2 is 0.976 bits per heavy atom. The van der Waals surface area contributed by atoms with E-state index in [4.69, 9.17) is 9.84 Å². The number of unbranched alkanes of at least 4 members (excludes halogenated alkanes) is 2. The van der Waals surface area contributed by atoms with Gasteiger partial charge in [-0.3, -0.25) is 0 Å². The second-order valence-electron chi connectivity index (χ2n) is 14.4.